The second kappa shape index (κ2) is 8.80. The number of carbonyl (C=O) groups excluding carboxylic acids is 2. The van der Waals surface area contributed by atoms with Crippen LogP contribution >= 0.6 is 0 Å². The maximum absolute atomic E-state index is 12.0. The number of aromatic hydroxyl groups is 1. The topological polar surface area (TPSA) is 90.8 Å². The summed E-state index contributed by atoms with van der Waals surface area (Å²) < 4.78 is 0. The number of anilines is 1. The molecule has 0 saturated heterocycles. The normalized spacial score (nSPS) is 11.1. The SMILES string of the molecule is C/C(=N/NC(=O)CCC(=O)Nc1ccc(C)c(C)c1)c1ccc(O)cc1. The van der Waals surface area contributed by atoms with Gasteiger partial charge < -0.3 is 10.4 Å². The van der Waals surface area contributed by atoms with Gasteiger partial charge in [-0.05, 0) is 73.9 Å². The van der Waals surface area contributed by atoms with Crippen LogP contribution in [0, 0.1) is 13.8 Å². The van der Waals surface area contributed by atoms with Crippen molar-refractivity contribution in [2.24, 2.45) is 5.10 Å². The van der Waals surface area contributed by atoms with E-state index in [-0.39, 0.29) is 30.4 Å². The van der Waals surface area contributed by atoms with Crippen LogP contribution < -0.4 is 10.7 Å². The summed E-state index contributed by atoms with van der Waals surface area (Å²) in [4.78, 5) is 23.8. The largest absolute Gasteiger partial charge is 0.508 e. The Morgan fingerprint density at radius 3 is 2.27 bits per heavy atom. The van der Waals surface area contributed by atoms with Gasteiger partial charge in [-0.2, -0.15) is 5.10 Å². The number of hydrogen-bond acceptors (Lipinski definition) is 4. The van der Waals surface area contributed by atoms with Crippen molar-refractivity contribution in [2.45, 2.75) is 33.6 Å². The number of carbonyl (C=O) groups is 2. The summed E-state index contributed by atoms with van der Waals surface area (Å²) in [6.45, 7) is 5.73. The highest BCUT2D eigenvalue weighted by Gasteiger charge is 2.08. The molecule has 0 saturated carbocycles. The van der Waals surface area contributed by atoms with E-state index in [4.69, 9.17) is 0 Å². The number of amides is 2. The van der Waals surface area contributed by atoms with Crippen molar-refractivity contribution in [2.75, 3.05) is 5.32 Å². The first-order valence-corrected chi connectivity index (χ1v) is 8.35. The predicted molar refractivity (Wildman–Crippen MR) is 102 cm³/mol. The molecule has 0 aromatic heterocycles. The zero-order valence-electron chi connectivity index (χ0n) is 15.2. The zero-order chi connectivity index (χ0) is 19.1. The van der Waals surface area contributed by atoms with Crippen molar-refractivity contribution in [3.05, 3.63) is 59.2 Å². The third-order valence-corrected chi connectivity index (χ3v) is 4.00. The summed E-state index contributed by atoms with van der Waals surface area (Å²) >= 11 is 0. The van der Waals surface area contributed by atoms with Crippen molar-refractivity contribution in [1.29, 1.82) is 0 Å². The highest BCUT2D eigenvalue weighted by molar-refractivity contribution is 5.99. The molecule has 0 bridgehead atoms. The lowest BCUT2D eigenvalue weighted by Gasteiger charge is -2.07. The molecule has 0 spiro atoms. The van der Waals surface area contributed by atoms with E-state index in [1.165, 1.54) is 0 Å². The molecular weight excluding hydrogens is 330 g/mol. The Bertz CT molecular complexity index is 827. The maximum atomic E-state index is 12.0. The van der Waals surface area contributed by atoms with E-state index in [0.29, 0.717) is 5.71 Å². The van der Waals surface area contributed by atoms with Crippen LogP contribution in [-0.2, 0) is 9.59 Å². The van der Waals surface area contributed by atoms with Gasteiger partial charge in [-0.3, -0.25) is 9.59 Å². The van der Waals surface area contributed by atoms with E-state index < -0.39 is 0 Å². The Hall–Kier alpha value is -3.15. The molecule has 2 amide bonds. The van der Waals surface area contributed by atoms with Gasteiger partial charge in [0.05, 0.1) is 5.71 Å². The van der Waals surface area contributed by atoms with Gasteiger partial charge in [0.15, 0.2) is 0 Å². The van der Waals surface area contributed by atoms with Gasteiger partial charge in [-0.25, -0.2) is 5.43 Å². The number of hydrazone groups is 1. The van der Waals surface area contributed by atoms with Crippen LogP contribution in [0.1, 0.15) is 36.5 Å². The molecule has 0 atom stereocenters. The summed E-state index contributed by atoms with van der Waals surface area (Å²) in [6, 6.07) is 12.2. The standard InChI is InChI=1S/C20H23N3O3/c1-13-4-7-17(12-14(13)2)21-19(25)10-11-20(26)23-22-15(3)16-5-8-18(24)9-6-16/h4-9,12,24H,10-11H2,1-3H3,(H,21,25)(H,23,26)/b22-15-. The molecule has 2 aromatic rings. The molecule has 136 valence electrons. The molecule has 6 nitrogen and oxygen atoms in total. The molecular formula is C20H23N3O3. The third-order valence-electron chi connectivity index (χ3n) is 4.00. The van der Waals surface area contributed by atoms with Gasteiger partial charge >= 0.3 is 0 Å². The Labute approximate surface area is 152 Å². The fraction of sp³-hybridized carbons (Fsp3) is 0.250. The Morgan fingerprint density at radius 2 is 1.62 bits per heavy atom. The minimum Gasteiger partial charge on any atom is -0.508 e. The molecule has 2 aromatic carbocycles. The van der Waals surface area contributed by atoms with Gasteiger partial charge in [0, 0.05) is 18.5 Å². The molecule has 0 aliphatic rings. The summed E-state index contributed by atoms with van der Waals surface area (Å²) in [7, 11) is 0. The van der Waals surface area contributed by atoms with Crippen molar-refractivity contribution in [1.82, 2.24) is 5.43 Å². The first kappa shape index (κ1) is 19.2. The lowest BCUT2D eigenvalue weighted by Crippen LogP contribution is -2.21. The van der Waals surface area contributed by atoms with E-state index in [1.807, 2.05) is 32.0 Å². The van der Waals surface area contributed by atoms with Crippen LogP contribution in [0.25, 0.3) is 0 Å². The number of nitrogens with zero attached hydrogens (tertiary/aromatic N) is 1. The first-order chi connectivity index (χ1) is 12.3. The third kappa shape index (κ3) is 5.73. The second-order valence-corrected chi connectivity index (χ2v) is 6.13. The number of benzene rings is 2. The maximum Gasteiger partial charge on any atom is 0.240 e. The summed E-state index contributed by atoms with van der Waals surface area (Å²) in [5.74, 6) is -0.388. The number of phenolic OH excluding ortho intramolecular Hbond substituents is 1. The van der Waals surface area contributed by atoms with Crippen molar-refractivity contribution in [3.8, 4) is 5.75 Å². The molecule has 2 rings (SSSR count). The zero-order valence-corrected chi connectivity index (χ0v) is 15.2. The second-order valence-electron chi connectivity index (χ2n) is 6.13. The average molecular weight is 353 g/mol. The molecule has 0 radical (unpaired) electrons. The van der Waals surface area contributed by atoms with Gasteiger partial charge in [-0.1, -0.05) is 6.07 Å². The number of phenols is 1. The van der Waals surface area contributed by atoms with Crippen LogP contribution in [0.5, 0.6) is 5.75 Å². The van der Waals surface area contributed by atoms with E-state index in [0.717, 1.165) is 22.4 Å². The van der Waals surface area contributed by atoms with Crippen molar-refractivity contribution < 1.29 is 14.7 Å². The van der Waals surface area contributed by atoms with Crippen LogP contribution in [0.4, 0.5) is 5.69 Å². The van der Waals surface area contributed by atoms with Crippen LogP contribution in [0.2, 0.25) is 0 Å². The van der Waals surface area contributed by atoms with Crippen LogP contribution in [0.15, 0.2) is 47.6 Å². The number of nitrogens with one attached hydrogen (secondary N) is 2. The minimum atomic E-state index is -0.335. The molecule has 6 heteroatoms. The first-order valence-electron chi connectivity index (χ1n) is 8.35. The van der Waals surface area contributed by atoms with Crippen molar-refractivity contribution in [3.63, 3.8) is 0 Å². The van der Waals surface area contributed by atoms with Gasteiger partial charge in [0.25, 0.3) is 0 Å². The Kier molecular flexibility index (Phi) is 6.49. The van der Waals surface area contributed by atoms with Gasteiger partial charge in [0.1, 0.15) is 5.75 Å². The van der Waals surface area contributed by atoms with Gasteiger partial charge in [0.2, 0.25) is 11.8 Å². The van der Waals surface area contributed by atoms with E-state index in [9.17, 15) is 14.7 Å². The van der Waals surface area contributed by atoms with E-state index >= 15 is 0 Å². The molecule has 26 heavy (non-hydrogen) atoms. The number of rotatable bonds is 6. The Morgan fingerprint density at radius 1 is 0.962 bits per heavy atom. The summed E-state index contributed by atoms with van der Waals surface area (Å²) in [5, 5.41) is 16.1. The van der Waals surface area contributed by atoms with E-state index in [1.54, 1.807) is 31.2 Å². The quantitative estimate of drug-likeness (QED) is 0.550. The molecule has 0 aliphatic heterocycles. The highest BCUT2D eigenvalue weighted by Crippen LogP contribution is 2.14. The van der Waals surface area contributed by atoms with E-state index in [2.05, 4.69) is 15.8 Å². The monoisotopic (exact) mass is 353 g/mol. The summed E-state index contributed by atoms with van der Waals surface area (Å²) in [6.07, 6.45) is 0.121. The van der Waals surface area contributed by atoms with Crippen molar-refractivity contribution >= 4 is 23.2 Å². The Balaban J connectivity index is 1.80. The molecule has 0 heterocycles. The molecule has 3 N–H and O–H groups in total. The highest BCUT2D eigenvalue weighted by atomic mass is 16.3. The molecule has 0 aliphatic carbocycles. The minimum absolute atomic E-state index is 0.0447. The fourth-order valence-corrected chi connectivity index (χ4v) is 2.24. The summed E-state index contributed by atoms with van der Waals surface area (Å²) in [5.41, 5.74) is 6.81. The molecule has 0 fully saturated rings. The number of hydrogen-bond donors (Lipinski definition) is 3. The smallest absolute Gasteiger partial charge is 0.240 e. The predicted octanol–water partition coefficient (Wildman–Crippen LogP) is 3.27. The fourth-order valence-electron chi connectivity index (χ4n) is 2.24. The molecule has 0 unspecified atom stereocenters. The van der Waals surface area contributed by atoms with Crippen LogP contribution in [-0.4, -0.2) is 22.6 Å². The average Bonchev–Trinajstić information content (AvgIpc) is 2.61. The number of aryl methyl sites for hydroxylation is 2. The van der Waals surface area contributed by atoms with Gasteiger partial charge in [-0.15, -0.1) is 0 Å². The lowest BCUT2D eigenvalue weighted by molar-refractivity contribution is -0.124. The van der Waals surface area contributed by atoms with Crippen LogP contribution in [0.3, 0.4) is 0 Å². The lowest BCUT2D eigenvalue weighted by atomic mass is 10.1.